The van der Waals surface area contributed by atoms with E-state index in [1.54, 1.807) is 0 Å². The number of anilines is 1. The second-order valence-electron chi connectivity index (χ2n) is 6.10. The van der Waals surface area contributed by atoms with E-state index in [-0.39, 0.29) is 18.8 Å². The number of ether oxygens (including phenoxy) is 1. The average molecular weight is 355 g/mol. The van der Waals surface area contributed by atoms with Gasteiger partial charge in [-0.25, -0.2) is 0 Å². The fraction of sp³-hybridized carbons (Fsp3) is 0.625. The van der Waals surface area contributed by atoms with Gasteiger partial charge in [-0.05, 0) is 53.4 Å². The average Bonchev–Trinajstić information content (AvgIpc) is 3.28. The van der Waals surface area contributed by atoms with Gasteiger partial charge < -0.3 is 20.1 Å². The van der Waals surface area contributed by atoms with E-state index in [9.17, 15) is 5.11 Å². The van der Waals surface area contributed by atoms with Crippen LogP contribution < -0.4 is 10.2 Å². The molecule has 116 valence electrons. The lowest BCUT2D eigenvalue weighted by molar-refractivity contribution is -0.0421. The predicted molar refractivity (Wildman–Crippen MR) is 87.6 cm³/mol. The van der Waals surface area contributed by atoms with Crippen molar-refractivity contribution in [3.63, 3.8) is 0 Å². The van der Waals surface area contributed by atoms with Crippen molar-refractivity contribution >= 4 is 21.6 Å². The van der Waals surface area contributed by atoms with E-state index in [1.807, 2.05) is 0 Å². The Morgan fingerprint density at radius 2 is 2.19 bits per heavy atom. The van der Waals surface area contributed by atoms with Crippen LogP contribution in [-0.4, -0.2) is 43.1 Å². The molecule has 0 amide bonds. The number of hydrogen-bond donors (Lipinski definition) is 2. The largest absolute Gasteiger partial charge is 0.394 e. The van der Waals surface area contributed by atoms with Gasteiger partial charge >= 0.3 is 0 Å². The third kappa shape index (κ3) is 3.97. The van der Waals surface area contributed by atoms with Gasteiger partial charge in [-0.1, -0.05) is 6.07 Å². The highest BCUT2D eigenvalue weighted by molar-refractivity contribution is 9.10. The molecule has 4 nitrogen and oxygen atoms in total. The lowest BCUT2D eigenvalue weighted by Crippen LogP contribution is -2.48. The first-order chi connectivity index (χ1) is 10.2. The van der Waals surface area contributed by atoms with Crippen LogP contribution in [0, 0.1) is 0 Å². The quantitative estimate of drug-likeness (QED) is 0.851. The summed E-state index contributed by atoms with van der Waals surface area (Å²) in [5.41, 5.74) is 2.48. The summed E-state index contributed by atoms with van der Waals surface area (Å²) in [4.78, 5) is 2.29. The van der Waals surface area contributed by atoms with Gasteiger partial charge in [0.2, 0.25) is 0 Å². The fourth-order valence-corrected chi connectivity index (χ4v) is 3.49. The van der Waals surface area contributed by atoms with E-state index in [0.717, 1.165) is 30.1 Å². The van der Waals surface area contributed by atoms with Gasteiger partial charge in [0.1, 0.15) is 0 Å². The Bertz CT molecular complexity index is 493. The molecule has 0 spiro atoms. The maximum Gasteiger partial charge on any atom is 0.0984 e. The minimum absolute atomic E-state index is 0.0713. The maximum atomic E-state index is 9.34. The summed E-state index contributed by atoms with van der Waals surface area (Å²) in [6, 6.07) is 7.27. The topological polar surface area (TPSA) is 44.7 Å². The van der Waals surface area contributed by atoms with Crippen molar-refractivity contribution in [3.8, 4) is 0 Å². The van der Waals surface area contributed by atoms with Gasteiger partial charge in [-0.15, -0.1) is 0 Å². The molecular weight excluding hydrogens is 332 g/mol. The molecule has 0 aromatic heterocycles. The Morgan fingerprint density at radius 1 is 1.38 bits per heavy atom. The van der Waals surface area contributed by atoms with Crippen LogP contribution in [0.25, 0.3) is 0 Å². The fourth-order valence-electron chi connectivity index (χ4n) is 2.81. The minimum atomic E-state index is -0.100. The minimum Gasteiger partial charge on any atom is -0.394 e. The van der Waals surface area contributed by atoms with Crippen molar-refractivity contribution < 1.29 is 9.84 Å². The Labute approximate surface area is 134 Å². The summed E-state index contributed by atoms with van der Waals surface area (Å²) in [7, 11) is 0. The van der Waals surface area contributed by atoms with Crippen LogP contribution in [0.4, 0.5) is 5.69 Å². The molecule has 1 aromatic rings. The molecule has 0 radical (unpaired) electrons. The summed E-state index contributed by atoms with van der Waals surface area (Å²) in [6.07, 6.45) is 2.66. The highest BCUT2D eigenvalue weighted by Gasteiger charge is 2.26. The van der Waals surface area contributed by atoms with E-state index in [4.69, 9.17) is 4.74 Å². The molecule has 1 saturated carbocycles. The van der Waals surface area contributed by atoms with E-state index < -0.39 is 0 Å². The lowest BCUT2D eigenvalue weighted by Gasteiger charge is -2.38. The molecule has 1 aliphatic heterocycles. The van der Waals surface area contributed by atoms with Gasteiger partial charge in [0.05, 0.1) is 24.5 Å². The van der Waals surface area contributed by atoms with Crippen molar-refractivity contribution in [1.29, 1.82) is 0 Å². The summed E-state index contributed by atoms with van der Waals surface area (Å²) in [5, 5.41) is 12.9. The molecular formula is C16H23BrN2O2. The molecule has 2 atom stereocenters. The number of hydrogen-bond acceptors (Lipinski definition) is 4. The van der Waals surface area contributed by atoms with Crippen molar-refractivity contribution in [2.75, 3.05) is 24.6 Å². The number of morpholine rings is 1. The van der Waals surface area contributed by atoms with Crippen LogP contribution in [0.2, 0.25) is 0 Å². The molecule has 2 unspecified atom stereocenters. The zero-order chi connectivity index (χ0) is 14.8. The Hall–Kier alpha value is -0.620. The first kappa shape index (κ1) is 15.3. The summed E-state index contributed by atoms with van der Waals surface area (Å²) in [6.45, 7) is 4.65. The van der Waals surface area contributed by atoms with Gasteiger partial charge in [0, 0.05) is 30.1 Å². The van der Waals surface area contributed by atoms with Gasteiger partial charge in [-0.2, -0.15) is 0 Å². The third-order valence-electron chi connectivity index (χ3n) is 4.05. The molecule has 3 rings (SSSR count). The van der Waals surface area contributed by atoms with Crippen LogP contribution in [-0.2, 0) is 11.3 Å². The number of aliphatic hydroxyl groups is 1. The van der Waals surface area contributed by atoms with Gasteiger partial charge in [0.25, 0.3) is 0 Å². The SMILES string of the molecule is CC1CN(c2ccc(CNC3CC3)cc2Br)CC(CO)O1. The second-order valence-corrected chi connectivity index (χ2v) is 6.95. The summed E-state index contributed by atoms with van der Waals surface area (Å²) >= 11 is 3.69. The molecule has 1 heterocycles. The zero-order valence-corrected chi connectivity index (χ0v) is 14.0. The molecule has 2 N–H and O–H groups in total. The highest BCUT2D eigenvalue weighted by Crippen LogP contribution is 2.30. The molecule has 1 aliphatic carbocycles. The van der Waals surface area contributed by atoms with Crippen LogP contribution in [0.15, 0.2) is 22.7 Å². The molecule has 1 aromatic carbocycles. The molecule has 1 saturated heterocycles. The van der Waals surface area contributed by atoms with Crippen molar-refractivity contribution in [2.24, 2.45) is 0 Å². The number of nitrogens with zero attached hydrogens (tertiary/aromatic N) is 1. The monoisotopic (exact) mass is 354 g/mol. The Morgan fingerprint density at radius 3 is 2.86 bits per heavy atom. The van der Waals surface area contributed by atoms with Gasteiger partial charge in [-0.3, -0.25) is 0 Å². The molecule has 2 fully saturated rings. The van der Waals surface area contributed by atoms with E-state index >= 15 is 0 Å². The maximum absolute atomic E-state index is 9.34. The van der Waals surface area contributed by atoms with Crippen LogP contribution in [0.5, 0.6) is 0 Å². The number of halogens is 1. The number of rotatable bonds is 5. The lowest BCUT2D eigenvalue weighted by atomic mass is 10.1. The molecule has 21 heavy (non-hydrogen) atoms. The first-order valence-electron chi connectivity index (χ1n) is 7.69. The van der Waals surface area contributed by atoms with Crippen LogP contribution in [0.3, 0.4) is 0 Å². The summed E-state index contributed by atoms with van der Waals surface area (Å²) < 4.78 is 6.82. The molecule has 2 aliphatic rings. The van der Waals surface area contributed by atoms with Crippen LogP contribution >= 0.6 is 15.9 Å². The first-order valence-corrected chi connectivity index (χ1v) is 8.48. The van der Waals surface area contributed by atoms with Crippen LogP contribution in [0.1, 0.15) is 25.3 Å². The summed E-state index contributed by atoms with van der Waals surface area (Å²) in [5.74, 6) is 0. The van der Waals surface area contributed by atoms with Crippen molar-refractivity contribution in [1.82, 2.24) is 5.32 Å². The standard InChI is InChI=1S/C16H23BrN2O2/c1-11-8-19(9-14(10-20)21-11)16-5-2-12(6-15(16)17)7-18-13-3-4-13/h2,5-6,11,13-14,18,20H,3-4,7-10H2,1H3. The smallest absolute Gasteiger partial charge is 0.0984 e. The van der Waals surface area contributed by atoms with E-state index in [0.29, 0.717) is 0 Å². The number of benzene rings is 1. The van der Waals surface area contributed by atoms with Gasteiger partial charge in [0.15, 0.2) is 0 Å². The zero-order valence-electron chi connectivity index (χ0n) is 12.4. The number of nitrogens with one attached hydrogen (secondary N) is 1. The highest BCUT2D eigenvalue weighted by atomic mass is 79.9. The van der Waals surface area contributed by atoms with E-state index in [1.165, 1.54) is 24.1 Å². The number of aliphatic hydroxyl groups excluding tert-OH is 1. The van der Waals surface area contributed by atoms with E-state index in [2.05, 4.69) is 51.3 Å². The third-order valence-corrected chi connectivity index (χ3v) is 4.69. The normalized spacial score (nSPS) is 26.1. The molecule has 5 heteroatoms. The van der Waals surface area contributed by atoms with Crippen molar-refractivity contribution in [3.05, 3.63) is 28.2 Å². The Balaban J connectivity index is 1.68. The predicted octanol–water partition coefficient (Wildman–Crippen LogP) is 2.29. The second kappa shape index (κ2) is 6.65. The van der Waals surface area contributed by atoms with Crippen molar-refractivity contribution in [2.45, 2.75) is 44.6 Å². The Kier molecular flexibility index (Phi) is 4.84. The molecule has 0 bridgehead atoms.